The number of rotatable bonds is 10. The summed E-state index contributed by atoms with van der Waals surface area (Å²) in [5.41, 5.74) is -0.0216. The van der Waals surface area contributed by atoms with E-state index in [2.05, 4.69) is 26.1 Å². The molecule has 4 heteroatoms. The summed E-state index contributed by atoms with van der Waals surface area (Å²) in [6, 6.07) is 7.48. The zero-order valence-corrected chi connectivity index (χ0v) is 15.1. The summed E-state index contributed by atoms with van der Waals surface area (Å²) >= 11 is 0. The lowest BCUT2D eigenvalue weighted by Gasteiger charge is -2.28. The van der Waals surface area contributed by atoms with Crippen LogP contribution in [0.3, 0.4) is 0 Å². The van der Waals surface area contributed by atoms with Crippen molar-refractivity contribution >= 4 is 11.6 Å². The summed E-state index contributed by atoms with van der Waals surface area (Å²) in [7, 11) is 0. The zero-order valence-electron chi connectivity index (χ0n) is 15.1. The molecule has 1 aromatic rings. The standard InChI is InChI=1S/C19H31NO3/c1-6-12-19(5,23-13-7-2)18(21)20-16-8-10-17(11-9-16)22-14-15(3)4/h8-11,15H,6-7,12-14H2,1-5H3,(H,20,21)/t19-/m0/s1. The molecule has 1 atom stereocenters. The van der Waals surface area contributed by atoms with E-state index in [9.17, 15) is 4.79 Å². The number of carbonyl (C=O) groups excluding carboxylic acids is 1. The molecule has 0 unspecified atom stereocenters. The first-order valence-electron chi connectivity index (χ1n) is 8.59. The van der Waals surface area contributed by atoms with Gasteiger partial charge < -0.3 is 14.8 Å². The molecule has 0 heterocycles. The number of hydrogen-bond acceptors (Lipinski definition) is 3. The molecule has 0 radical (unpaired) electrons. The number of amides is 1. The topological polar surface area (TPSA) is 47.6 Å². The lowest BCUT2D eigenvalue weighted by molar-refractivity contribution is -0.140. The van der Waals surface area contributed by atoms with E-state index in [0.717, 1.165) is 24.3 Å². The fraction of sp³-hybridized carbons (Fsp3) is 0.632. The summed E-state index contributed by atoms with van der Waals surface area (Å²) in [5.74, 6) is 1.21. The van der Waals surface area contributed by atoms with Crippen LogP contribution >= 0.6 is 0 Å². The predicted octanol–water partition coefficient (Wildman–Crippen LogP) is 4.65. The van der Waals surface area contributed by atoms with Crippen molar-refractivity contribution in [2.24, 2.45) is 5.92 Å². The highest BCUT2D eigenvalue weighted by atomic mass is 16.5. The van der Waals surface area contributed by atoms with E-state index in [1.54, 1.807) is 0 Å². The molecule has 0 saturated heterocycles. The third-order valence-corrected chi connectivity index (χ3v) is 3.53. The lowest BCUT2D eigenvalue weighted by atomic mass is 9.99. The Bertz CT molecular complexity index is 470. The predicted molar refractivity (Wildman–Crippen MR) is 95.0 cm³/mol. The average Bonchev–Trinajstić information content (AvgIpc) is 2.52. The molecule has 0 aliphatic rings. The third-order valence-electron chi connectivity index (χ3n) is 3.53. The largest absolute Gasteiger partial charge is 0.493 e. The maximum absolute atomic E-state index is 12.6. The number of anilines is 1. The number of benzene rings is 1. The van der Waals surface area contributed by atoms with Gasteiger partial charge in [0.15, 0.2) is 0 Å². The minimum Gasteiger partial charge on any atom is -0.493 e. The van der Waals surface area contributed by atoms with Gasteiger partial charge in [0, 0.05) is 12.3 Å². The summed E-state index contributed by atoms with van der Waals surface area (Å²) in [6.45, 7) is 11.5. The van der Waals surface area contributed by atoms with E-state index in [-0.39, 0.29) is 5.91 Å². The molecule has 0 aliphatic heterocycles. The molecule has 1 N–H and O–H groups in total. The van der Waals surface area contributed by atoms with Crippen molar-refractivity contribution in [1.29, 1.82) is 0 Å². The van der Waals surface area contributed by atoms with Gasteiger partial charge in [-0.3, -0.25) is 4.79 Å². The molecule has 4 nitrogen and oxygen atoms in total. The number of nitrogens with one attached hydrogen (secondary N) is 1. The first-order valence-corrected chi connectivity index (χ1v) is 8.59. The van der Waals surface area contributed by atoms with Crippen molar-refractivity contribution in [3.8, 4) is 5.75 Å². The number of carbonyl (C=O) groups is 1. The van der Waals surface area contributed by atoms with Gasteiger partial charge in [-0.05, 0) is 49.9 Å². The monoisotopic (exact) mass is 321 g/mol. The van der Waals surface area contributed by atoms with E-state index in [1.165, 1.54) is 0 Å². The second kappa shape index (κ2) is 9.56. The van der Waals surface area contributed by atoms with Crippen LogP contribution in [0.2, 0.25) is 0 Å². The van der Waals surface area contributed by atoms with Crippen LogP contribution in [0.4, 0.5) is 5.69 Å². The Kier molecular flexibility index (Phi) is 8.10. The maximum Gasteiger partial charge on any atom is 0.256 e. The molecule has 1 amide bonds. The Balaban J connectivity index is 2.67. The second-order valence-electron chi connectivity index (χ2n) is 6.51. The number of hydrogen-bond donors (Lipinski definition) is 1. The smallest absolute Gasteiger partial charge is 0.256 e. The van der Waals surface area contributed by atoms with Gasteiger partial charge in [-0.2, -0.15) is 0 Å². The summed E-state index contributed by atoms with van der Waals surface area (Å²) in [6.07, 6.45) is 2.50. The molecular formula is C19H31NO3. The van der Waals surface area contributed by atoms with Crippen LogP contribution in [0.25, 0.3) is 0 Å². The Morgan fingerprint density at radius 2 is 1.83 bits per heavy atom. The van der Waals surface area contributed by atoms with Gasteiger partial charge in [0.1, 0.15) is 11.4 Å². The van der Waals surface area contributed by atoms with E-state index >= 15 is 0 Å². The minimum absolute atomic E-state index is 0.0938. The zero-order chi connectivity index (χ0) is 17.3. The van der Waals surface area contributed by atoms with Gasteiger partial charge in [-0.25, -0.2) is 0 Å². The normalized spacial score (nSPS) is 13.7. The molecule has 0 spiro atoms. The number of ether oxygens (including phenoxy) is 2. The Labute approximate surface area is 140 Å². The second-order valence-corrected chi connectivity index (χ2v) is 6.51. The van der Waals surface area contributed by atoms with E-state index in [1.807, 2.05) is 38.1 Å². The molecule has 23 heavy (non-hydrogen) atoms. The molecule has 0 fully saturated rings. The van der Waals surface area contributed by atoms with Gasteiger partial charge in [0.25, 0.3) is 5.91 Å². The van der Waals surface area contributed by atoms with Crippen molar-refractivity contribution in [2.45, 2.75) is 59.5 Å². The Morgan fingerprint density at radius 1 is 1.17 bits per heavy atom. The van der Waals surface area contributed by atoms with Crippen LogP contribution in [0.1, 0.15) is 53.9 Å². The Hall–Kier alpha value is -1.55. The van der Waals surface area contributed by atoms with Crippen LogP contribution in [0.15, 0.2) is 24.3 Å². The van der Waals surface area contributed by atoms with Crippen molar-refractivity contribution < 1.29 is 14.3 Å². The Morgan fingerprint density at radius 3 is 2.35 bits per heavy atom. The molecule has 0 aliphatic carbocycles. The van der Waals surface area contributed by atoms with Gasteiger partial charge in [-0.15, -0.1) is 0 Å². The first kappa shape index (κ1) is 19.5. The fourth-order valence-corrected chi connectivity index (χ4v) is 2.22. The molecule has 130 valence electrons. The average molecular weight is 321 g/mol. The highest BCUT2D eigenvalue weighted by Gasteiger charge is 2.33. The lowest BCUT2D eigenvalue weighted by Crippen LogP contribution is -2.43. The summed E-state index contributed by atoms with van der Waals surface area (Å²) in [4.78, 5) is 12.6. The SMILES string of the molecule is CCCO[C@@](C)(CCC)C(=O)Nc1ccc(OCC(C)C)cc1. The van der Waals surface area contributed by atoms with Crippen molar-refractivity contribution in [1.82, 2.24) is 0 Å². The van der Waals surface area contributed by atoms with Gasteiger partial charge >= 0.3 is 0 Å². The molecule has 1 aromatic carbocycles. The minimum atomic E-state index is -0.780. The van der Waals surface area contributed by atoms with Crippen LogP contribution in [-0.2, 0) is 9.53 Å². The van der Waals surface area contributed by atoms with Gasteiger partial charge in [-0.1, -0.05) is 34.1 Å². The van der Waals surface area contributed by atoms with Crippen LogP contribution in [-0.4, -0.2) is 24.7 Å². The molecule has 0 aromatic heterocycles. The summed E-state index contributed by atoms with van der Waals surface area (Å²) < 4.78 is 11.5. The first-order chi connectivity index (χ1) is 10.9. The van der Waals surface area contributed by atoms with Gasteiger partial charge in [0.05, 0.1) is 6.61 Å². The third kappa shape index (κ3) is 6.61. The van der Waals surface area contributed by atoms with Crippen LogP contribution in [0.5, 0.6) is 5.75 Å². The van der Waals surface area contributed by atoms with Gasteiger partial charge in [0.2, 0.25) is 0 Å². The molecular weight excluding hydrogens is 290 g/mol. The fourth-order valence-electron chi connectivity index (χ4n) is 2.22. The van der Waals surface area contributed by atoms with E-state index < -0.39 is 5.60 Å². The van der Waals surface area contributed by atoms with E-state index in [0.29, 0.717) is 25.6 Å². The van der Waals surface area contributed by atoms with Crippen molar-refractivity contribution in [3.63, 3.8) is 0 Å². The van der Waals surface area contributed by atoms with Crippen LogP contribution < -0.4 is 10.1 Å². The molecule has 1 rings (SSSR count). The van der Waals surface area contributed by atoms with Crippen LogP contribution in [0, 0.1) is 5.92 Å². The molecule has 0 bridgehead atoms. The highest BCUT2D eigenvalue weighted by molar-refractivity contribution is 5.97. The van der Waals surface area contributed by atoms with E-state index in [4.69, 9.17) is 9.47 Å². The molecule has 0 saturated carbocycles. The summed E-state index contributed by atoms with van der Waals surface area (Å²) in [5, 5.41) is 2.95. The maximum atomic E-state index is 12.6. The quantitative estimate of drug-likeness (QED) is 0.682. The highest BCUT2D eigenvalue weighted by Crippen LogP contribution is 2.22. The van der Waals surface area contributed by atoms with Crippen molar-refractivity contribution in [2.75, 3.05) is 18.5 Å². The van der Waals surface area contributed by atoms with Crippen molar-refractivity contribution in [3.05, 3.63) is 24.3 Å².